The van der Waals surface area contributed by atoms with Gasteiger partial charge in [0.15, 0.2) is 9.84 Å². The van der Waals surface area contributed by atoms with Gasteiger partial charge in [0.1, 0.15) is 0 Å². The number of hydrogen-bond donors (Lipinski definition) is 1. The smallest absolute Gasteiger partial charge is 0.178 e. The summed E-state index contributed by atoms with van der Waals surface area (Å²) in [4.78, 5) is 0.400. The molecule has 0 bridgehead atoms. The Morgan fingerprint density at radius 1 is 1.17 bits per heavy atom. The van der Waals surface area contributed by atoms with Crippen molar-refractivity contribution in [1.82, 2.24) is 0 Å². The fraction of sp³-hybridized carbons (Fsp3) is 0.571. The molecule has 0 spiro atoms. The third kappa shape index (κ3) is 4.33. The zero-order valence-electron chi connectivity index (χ0n) is 11.4. The first kappa shape index (κ1) is 15.0. The van der Waals surface area contributed by atoms with Crippen molar-refractivity contribution in [2.45, 2.75) is 51.0 Å². The first-order valence-electron chi connectivity index (χ1n) is 6.59. The second-order valence-corrected chi connectivity index (χ2v) is 6.89. The number of benzene rings is 1. The van der Waals surface area contributed by atoms with Gasteiger partial charge in [-0.1, -0.05) is 26.7 Å². The van der Waals surface area contributed by atoms with E-state index in [2.05, 4.69) is 19.2 Å². The van der Waals surface area contributed by atoms with Crippen LogP contribution in [0.25, 0.3) is 0 Å². The molecule has 0 fully saturated rings. The van der Waals surface area contributed by atoms with Crippen molar-refractivity contribution in [3.63, 3.8) is 0 Å². The molecule has 1 rings (SSSR count). The predicted molar refractivity (Wildman–Crippen MR) is 76.8 cm³/mol. The van der Waals surface area contributed by atoms with Crippen LogP contribution >= 0.6 is 0 Å². The number of sulfone groups is 1. The monoisotopic (exact) mass is 269 g/mol. The first-order valence-corrected chi connectivity index (χ1v) is 8.24. The Morgan fingerprint density at radius 2 is 1.78 bits per heavy atom. The molecule has 1 N–H and O–H groups in total. The summed E-state index contributed by atoms with van der Waals surface area (Å²) >= 11 is 0. The largest absolute Gasteiger partial charge is 0.383 e. The summed E-state index contributed by atoms with van der Waals surface area (Å²) in [6.45, 7) is 5.98. The minimum atomic E-state index is -3.09. The molecule has 1 aromatic carbocycles. The van der Waals surface area contributed by atoms with Gasteiger partial charge in [0.05, 0.1) is 10.6 Å². The Bertz CT molecular complexity index is 451. The molecule has 1 unspecified atom stereocenters. The maximum Gasteiger partial charge on any atom is 0.178 e. The minimum absolute atomic E-state index is 0.146. The first-order chi connectivity index (χ1) is 8.49. The summed E-state index contributed by atoms with van der Waals surface area (Å²) in [5.41, 5.74) is 0.980. The molecule has 1 atom stereocenters. The Kier molecular flexibility index (Phi) is 5.66. The zero-order valence-corrected chi connectivity index (χ0v) is 12.3. The lowest BCUT2D eigenvalue weighted by molar-refractivity contribution is 0.597. The number of nitrogens with one attached hydrogen (secondary N) is 1. The van der Waals surface area contributed by atoms with E-state index in [0.29, 0.717) is 10.9 Å². The Hall–Kier alpha value is -1.03. The summed E-state index contributed by atoms with van der Waals surface area (Å²) in [5.74, 6) is 0.146. The molecular formula is C14H23NO2S. The number of hydrogen-bond acceptors (Lipinski definition) is 3. The third-order valence-electron chi connectivity index (χ3n) is 3.00. The van der Waals surface area contributed by atoms with Gasteiger partial charge in [0.2, 0.25) is 0 Å². The molecule has 0 saturated carbocycles. The normalized spacial score (nSPS) is 13.3. The molecule has 0 heterocycles. The molecule has 0 radical (unpaired) electrons. The highest BCUT2D eigenvalue weighted by atomic mass is 32.2. The number of anilines is 1. The van der Waals surface area contributed by atoms with Crippen molar-refractivity contribution in [2.75, 3.05) is 11.1 Å². The summed E-state index contributed by atoms with van der Waals surface area (Å²) < 4.78 is 23.3. The molecule has 0 aliphatic heterocycles. The van der Waals surface area contributed by atoms with Crippen LogP contribution in [0.1, 0.15) is 40.0 Å². The molecule has 3 nitrogen and oxygen atoms in total. The van der Waals surface area contributed by atoms with Crippen LogP contribution in [0.15, 0.2) is 29.2 Å². The van der Waals surface area contributed by atoms with Gasteiger partial charge in [-0.15, -0.1) is 0 Å². The van der Waals surface area contributed by atoms with E-state index in [0.717, 1.165) is 12.1 Å². The molecular weight excluding hydrogens is 246 g/mol. The van der Waals surface area contributed by atoms with Gasteiger partial charge in [-0.05, 0) is 37.6 Å². The lowest BCUT2D eigenvalue weighted by atomic mass is 10.1. The number of rotatable bonds is 7. The average Bonchev–Trinajstić information content (AvgIpc) is 2.37. The van der Waals surface area contributed by atoms with Gasteiger partial charge >= 0.3 is 0 Å². The van der Waals surface area contributed by atoms with Gasteiger partial charge in [-0.2, -0.15) is 0 Å². The van der Waals surface area contributed by atoms with Crippen LogP contribution in [-0.2, 0) is 9.84 Å². The van der Waals surface area contributed by atoms with Crippen LogP contribution < -0.4 is 5.32 Å². The SMILES string of the molecule is CCCCC(C)Nc1ccc(S(=O)(=O)CC)cc1. The third-order valence-corrected chi connectivity index (χ3v) is 4.75. The van der Waals surface area contributed by atoms with E-state index >= 15 is 0 Å². The van der Waals surface area contributed by atoms with E-state index < -0.39 is 9.84 Å². The van der Waals surface area contributed by atoms with Gasteiger partial charge in [-0.25, -0.2) is 8.42 Å². The maximum atomic E-state index is 11.7. The maximum absolute atomic E-state index is 11.7. The molecule has 0 aliphatic carbocycles. The molecule has 18 heavy (non-hydrogen) atoms. The van der Waals surface area contributed by atoms with Crippen LogP contribution in [0.2, 0.25) is 0 Å². The van der Waals surface area contributed by atoms with Crippen molar-refractivity contribution in [1.29, 1.82) is 0 Å². The van der Waals surface area contributed by atoms with Crippen LogP contribution in [0.4, 0.5) is 5.69 Å². The quantitative estimate of drug-likeness (QED) is 0.824. The Morgan fingerprint density at radius 3 is 2.28 bits per heavy atom. The molecule has 0 saturated heterocycles. The molecule has 0 aliphatic rings. The fourth-order valence-electron chi connectivity index (χ4n) is 1.79. The van der Waals surface area contributed by atoms with Crippen molar-refractivity contribution in [2.24, 2.45) is 0 Å². The van der Waals surface area contributed by atoms with Crippen molar-refractivity contribution >= 4 is 15.5 Å². The van der Waals surface area contributed by atoms with Crippen LogP contribution in [0.3, 0.4) is 0 Å². The summed E-state index contributed by atoms with van der Waals surface area (Å²) in [7, 11) is -3.09. The van der Waals surface area contributed by atoms with Crippen molar-refractivity contribution in [3.8, 4) is 0 Å². The minimum Gasteiger partial charge on any atom is -0.383 e. The molecule has 102 valence electrons. The van der Waals surface area contributed by atoms with E-state index in [4.69, 9.17) is 0 Å². The second kappa shape index (κ2) is 6.78. The lowest BCUT2D eigenvalue weighted by Gasteiger charge is -2.15. The molecule has 0 aromatic heterocycles. The van der Waals surface area contributed by atoms with E-state index in [9.17, 15) is 8.42 Å². The van der Waals surface area contributed by atoms with Gasteiger partial charge in [-0.3, -0.25) is 0 Å². The van der Waals surface area contributed by atoms with Gasteiger partial charge < -0.3 is 5.32 Å². The zero-order chi connectivity index (χ0) is 13.6. The van der Waals surface area contributed by atoms with E-state index in [1.807, 2.05) is 12.1 Å². The van der Waals surface area contributed by atoms with E-state index in [1.165, 1.54) is 12.8 Å². The summed E-state index contributed by atoms with van der Waals surface area (Å²) in [6.07, 6.45) is 3.53. The molecule has 0 amide bonds. The molecule has 1 aromatic rings. The van der Waals surface area contributed by atoms with Crippen molar-refractivity contribution < 1.29 is 8.42 Å². The van der Waals surface area contributed by atoms with Crippen LogP contribution in [0.5, 0.6) is 0 Å². The lowest BCUT2D eigenvalue weighted by Crippen LogP contribution is -2.14. The molecule has 4 heteroatoms. The van der Waals surface area contributed by atoms with Gasteiger partial charge in [0, 0.05) is 11.7 Å². The highest BCUT2D eigenvalue weighted by Crippen LogP contribution is 2.16. The van der Waals surface area contributed by atoms with Gasteiger partial charge in [0.25, 0.3) is 0 Å². The highest BCUT2D eigenvalue weighted by molar-refractivity contribution is 7.91. The van der Waals surface area contributed by atoms with Crippen LogP contribution in [-0.4, -0.2) is 20.2 Å². The average molecular weight is 269 g/mol. The van der Waals surface area contributed by atoms with E-state index in [-0.39, 0.29) is 5.75 Å². The van der Waals surface area contributed by atoms with E-state index in [1.54, 1.807) is 19.1 Å². The number of unbranched alkanes of at least 4 members (excludes halogenated alkanes) is 1. The second-order valence-electron chi connectivity index (χ2n) is 4.62. The summed E-state index contributed by atoms with van der Waals surface area (Å²) in [5, 5.41) is 3.38. The highest BCUT2D eigenvalue weighted by Gasteiger charge is 2.11. The summed E-state index contributed by atoms with van der Waals surface area (Å²) in [6, 6.07) is 7.44. The predicted octanol–water partition coefficient (Wildman–Crippen LogP) is 3.47. The van der Waals surface area contributed by atoms with Crippen LogP contribution in [0, 0.1) is 0 Å². The fourth-order valence-corrected chi connectivity index (χ4v) is 2.68. The van der Waals surface area contributed by atoms with Crippen molar-refractivity contribution in [3.05, 3.63) is 24.3 Å². The standard InChI is InChI=1S/C14H23NO2S/c1-4-6-7-12(3)15-13-8-10-14(11-9-13)18(16,17)5-2/h8-12,15H,4-7H2,1-3H3. The topological polar surface area (TPSA) is 46.2 Å². The Balaban J connectivity index is 2.66. The Labute approximate surface area is 111 Å².